The largest absolute Gasteiger partial charge is 4.00 e. The third kappa shape index (κ3) is 4.89. The van der Waals surface area contributed by atoms with E-state index in [4.69, 9.17) is 0 Å². The summed E-state index contributed by atoms with van der Waals surface area (Å²) in [5, 5.41) is 3.61. The summed E-state index contributed by atoms with van der Waals surface area (Å²) in [6, 6.07) is 18.2. The first-order valence-corrected chi connectivity index (χ1v) is 6.16. The molecule has 0 unspecified atom stereocenters. The SMILES string of the molecule is C=C1[C-]=c2ccccc2=C1.[Cl-].[Cl-].[Ti+4].[c-]1cc2ccccc2[nH]1. The van der Waals surface area contributed by atoms with Crippen molar-refractivity contribution >= 4 is 23.1 Å². The molecule has 1 aromatic heterocycles. The first-order chi connectivity index (χ1) is 9.33. The minimum atomic E-state index is 0. The Balaban J connectivity index is 0.000000354. The van der Waals surface area contributed by atoms with Gasteiger partial charge in [-0.3, -0.25) is 0 Å². The number of benzene rings is 2. The standard InChI is InChI=1S/C10H7.C8H6N.2ClH.Ti/c1-8-6-9-4-2-3-5-10(9)7-8;1-2-4-8-7(3-1)5-6-9-8;;;/h2-6H,1H2;1-5,9H;2*1H;/q2*-1;;;+4/p-2. The van der Waals surface area contributed by atoms with E-state index in [1.54, 1.807) is 0 Å². The molecular formula is C18H13Cl2NTi. The van der Waals surface area contributed by atoms with E-state index < -0.39 is 0 Å². The van der Waals surface area contributed by atoms with E-state index in [-0.39, 0.29) is 46.5 Å². The topological polar surface area (TPSA) is 15.8 Å². The maximum absolute atomic E-state index is 3.80. The summed E-state index contributed by atoms with van der Waals surface area (Å²) in [6.07, 6.45) is 8.10. The maximum atomic E-state index is 3.80. The summed E-state index contributed by atoms with van der Waals surface area (Å²) in [7, 11) is 0. The molecule has 1 N–H and O–H groups in total. The molecule has 1 aliphatic carbocycles. The second-order valence-corrected chi connectivity index (χ2v) is 4.38. The van der Waals surface area contributed by atoms with Gasteiger partial charge in [0.15, 0.2) is 0 Å². The van der Waals surface area contributed by atoms with Crippen LogP contribution in [-0.2, 0) is 21.7 Å². The molecule has 1 heterocycles. The Morgan fingerprint density at radius 2 is 1.59 bits per heavy atom. The number of nitrogens with one attached hydrogen (secondary N) is 1. The van der Waals surface area contributed by atoms with Crippen LogP contribution in [0.2, 0.25) is 0 Å². The second-order valence-electron chi connectivity index (χ2n) is 4.38. The van der Waals surface area contributed by atoms with Crippen molar-refractivity contribution in [2.45, 2.75) is 0 Å². The van der Waals surface area contributed by atoms with Crippen molar-refractivity contribution in [2.75, 3.05) is 0 Å². The third-order valence-electron chi connectivity index (χ3n) is 2.98. The van der Waals surface area contributed by atoms with Gasteiger partial charge in [0.25, 0.3) is 0 Å². The first-order valence-electron chi connectivity index (χ1n) is 6.16. The van der Waals surface area contributed by atoms with Gasteiger partial charge in [-0.05, 0) is 0 Å². The number of para-hydroxylation sites is 1. The Morgan fingerprint density at radius 1 is 0.909 bits per heavy atom. The van der Waals surface area contributed by atoms with Gasteiger partial charge >= 0.3 is 21.7 Å². The van der Waals surface area contributed by atoms with Crippen molar-refractivity contribution in [3.8, 4) is 0 Å². The van der Waals surface area contributed by atoms with Crippen LogP contribution in [0, 0.1) is 6.20 Å². The van der Waals surface area contributed by atoms with Gasteiger partial charge in [0.1, 0.15) is 0 Å². The van der Waals surface area contributed by atoms with E-state index >= 15 is 0 Å². The summed E-state index contributed by atoms with van der Waals surface area (Å²) in [5.41, 5.74) is 2.12. The zero-order valence-electron chi connectivity index (χ0n) is 11.7. The monoisotopic (exact) mass is 361 g/mol. The summed E-state index contributed by atoms with van der Waals surface area (Å²) in [4.78, 5) is 2.99. The summed E-state index contributed by atoms with van der Waals surface area (Å²) in [6.45, 7) is 3.80. The van der Waals surface area contributed by atoms with Crippen LogP contribution >= 0.6 is 0 Å². The summed E-state index contributed by atoms with van der Waals surface area (Å²) < 4.78 is 0. The number of halogens is 2. The van der Waals surface area contributed by atoms with Crippen LogP contribution in [0.1, 0.15) is 0 Å². The van der Waals surface area contributed by atoms with Gasteiger partial charge in [0.05, 0.1) is 0 Å². The molecule has 1 nitrogen and oxygen atoms in total. The number of aromatic amines is 1. The molecule has 1 aliphatic rings. The van der Waals surface area contributed by atoms with Crippen molar-refractivity contribution in [2.24, 2.45) is 0 Å². The number of fused-ring (bicyclic) bond motifs is 2. The van der Waals surface area contributed by atoms with Gasteiger partial charge in [-0.25, -0.2) is 0 Å². The number of aromatic nitrogens is 1. The molecule has 0 radical (unpaired) electrons. The molecule has 0 amide bonds. The predicted molar refractivity (Wildman–Crippen MR) is 79.8 cm³/mol. The molecule has 0 atom stereocenters. The molecule has 3 aromatic rings. The minimum absolute atomic E-state index is 0. The molecule has 2 aromatic carbocycles. The molecule has 0 saturated carbocycles. The molecule has 4 rings (SSSR count). The fourth-order valence-electron chi connectivity index (χ4n) is 2.06. The van der Waals surface area contributed by atoms with Gasteiger partial charge in [-0.1, -0.05) is 30.3 Å². The molecule has 4 heteroatoms. The maximum Gasteiger partial charge on any atom is 4.00 e. The molecule has 0 saturated heterocycles. The molecule has 22 heavy (non-hydrogen) atoms. The van der Waals surface area contributed by atoms with Crippen LogP contribution < -0.4 is 35.3 Å². The minimum Gasteiger partial charge on any atom is -1.00 e. The van der Waals surface area contributed by atoms with Crippen LogP contribution in [0.4, 0.5) is 0 Å². The number of rotatable bonds is 0. The van der Waals surface area contributed by atoms with Gasteiger partial charge in [-0.2, -0.15) is 18.0 Å². The third-order valence-corrected chi connectivity index (χ3v) is 2.98. The van der Waals surface area contributed by atoms with E-state index in [1.807, 2.05) is 48.5 Å². The molecule has 0 aliphatic heterocycles. The van der Waals surface area contributed by atoms with E-state index in [0.717, 1.165) is 16.3 Å². The van der Waals surface area contributed by atoms with Crippen LogP contribution in [0.3, 0.4) is 0 Å². The Bertz CT molecular complexity index is 785. The zero-order chi connectivity index (χ0) is 13.1. The molecule has 108 valence electrons. The average molecular weight is 362 g/mol. The fraction of sp³-hybridized carbons (Fsp3) is 0. The van der Waals surface area contributed by atoms with E-state index in [0.29, 0.717) is 0 Å². The van der Waals surface area contributed by atoms with E-state index in [9.17, 15) is 0 Å². The van der Waals surface area contributed by atoms with Gasteiger partial charge < -0.3 is 29.8 Å². The zero-order valence-corrected chi connectivity index (χ0v) is 14.8. The fourth-order valence-corrected chi connectivity index (χ4v) is 2.06. The predicted octanol–water partition coefficient (Wildman–Crippen LogP) is -3.33. The van der Waals surface area contributed by atoms with E-state index in [2.05, 4.69) is 36.0 Å². The molecule has 0 fully saturated rings. The Labute approximate surface area is 157 Å². The number of hydrogen-bond donors (Lipinski definition) is 1. The average Bonchev–Trinajstić information content (AvgIpc) is 3.03. The van der Waals surface area contributed by atoms with Crippen LogP contribution in [-0.4, -0.2) is 4.98 Å². The van der Waals surface area contributed by atoms with Crippen molar-refractivity contribution < 1.29 is 46.5 Å². The number of allylic oxidation sites excluding steroid dienone is 1. The number of hydrogen-bond acceptors (Lipinski definition) is 0. The van der Waals surface area contributed by atoms with Crippen LogP contribution in [0.25, 0.3) is 23.1 Å². The second kappa shape index (κ2) is 9.71. The van der Waals surface area contributed by atoms with E-state index in [1.165, 1.54) is 10.6 Å². The van der Waals surface area contributed by atoms with Crippen molar-refractivity contribution in [3.05, 3.63) is 83.4 Å². The Morgan fingerprint density at radius 3 is 2.32 bits per heavy atom. The van der Waals surface area contributed by atoms with Gasteiger partial charge in [0.2, 0.25) is 0 Å². The van der Waals surface area contributed by atoms with Crippen molar-refractivity contribution in [1.29, 1.82) is 0 Å². The van der Waals surface area contributed by atoms with Crippen LogP contribution in [0.15, 0.2) is 66.7 Å². The van der Waals surface area contributed by atoms with Gasteiger partial charge in [0, 0.05) is 0 Å². The van der Waals surface area contributed by atoms with Gasteiger partial charge in [-0.15, -0.1) is 58.1 Å². The summed E-state index contributed by atoms with van der Waals surface area (Å²) >= 11 is 0. The quantitative estimate of drug-likeness (QED) is 0.318. The normalized spacial score (nSPS) is 10.5. The number of H-pyrrole nitrogens is 1. The Hall–Kier alpha value is -1.25. The molecule has 0 spiro atoms. The summed E-state index contributed by atoms with van der Waals surface area (Å²) in [5.74, 6) is 0. The molecule has 0 bridgehead atoms. The van der Waals surface area contributed by atoms with Crippen molar-refractivity contribution in [1.82, 2.24) is 4.98 Å². The molecular weight excluding hydrogens is 349 g/mol. The smallest absolute Gasteiger partial charge is 1.00 e. The van der Waals surface area contributed by atoms with Crippen molar-refractivity contribution in [3.63, 3.8) is 0 Å². The van der Waals surface area contributed by atoms with Crippen LogP contribution in [0.5, 0.6) is 0 Å². The Kier molecular flexibility index (Phi) is 9.16. The first kappa shape index (κ1) is 20.8.